The Morgan fingerprint density at radius 1 is 1.43 bits per heavy atom. The van der Waals surface area contributed by atoms with Crippen LogP contribution in [0.15, 0.2) is 27.6 Å². The van der Waals surface area contributed by atoms with Crippen molar-refractivity contribution in [3.05, 3.63) is 28.2 Å². The fourth-order valence-corrected chi connectivity index (χ4v) is 2.85. The van der Waals surface area contributed by atoms with Gasteiger partial charge in [0.25, 0.3) is 0 Å². The molecule has 0 aliphatic carbocycles. The van der Waals surface area contributed by atoms with Crippen LogP contribution in [0.2, 0.25) is 0 Å². The second kappa shape index (κ2) is 8.04. The summed E-state index contributed by atoms with van der Waals surface area (Å²) in [6, 6.07) is 4.37. The summed E-state index contributed by atoms with van der Waals surface area (Å²) >= 11 is 4.64. The number of nitrogens with one attached hydrogen (secondary N) is 1. The van der Waals surface area contributed by atoms with Gasteiger partial charge in [-0.1, -0.05) is 15.9 Å². The van der Waals surface area contributed by atoms with Crippen molar-refractivity contribution in [1.82, 2.24) is 5.32 Å². The number of carboxylic acids is 1. The predicted molar refractivity (Wildman–Crippen MR) is 83.0 cm³/mol. The lowest BCUT2D eigenvalue weighted by molar-refractivity contribution is -0.143. The van der Waals surface area contributed by atoms with E-state index in [1.807, 2.05) is 25.1 Å². The van der Waals surface area contributed by atoms with Crippen molar-refractivity contribution in [2.45, 2.75) is 24.3 Å². The number of rotatable bonds is 7. The second-order valence-corrected chi connectivity index (χ2v) is 6.26. The number of halogens is 1. The van der Waals surface area contributed by atoms with Crippen molar-refractivity contribution in [1.29, 1.82) is 0 Å². The van der Waals surface area contributed by atoms with Crippen molar-refractivity contribution >= 4 is 45.5 Å². The Balaban J connectivity index is 2.56. The van der Waals surface area contributed by atoms with Crippen LogP contribution in [0.1, 0.15) is 12.0 Å². The van der Waals surface area contributed by atoms with Gasteiger partial charge < -0.3 is 16.2 Å². The summed E-state index contributed by atoms with van der Waals surface area (Å²) in [7, 11) is 0. The highest BCUT2D eigenvalue weighted by Gasteiger charge is 2.22. The summed E-state index contributed by atoms with van der Waals surface area (Å²) in [4.78, 5) is 34.3. The van der Waals surface area contributed by atoms with Gasteiger partial charge in [-0.15, -0.1) is 11.8 Å². The first-order valence-electron chi connectivity index (χ1n) is 5.99. The van der Waals surface area contributed by atoms with E-state index in [1.165, 1.54) is 11.8 Å². The molecular weight excluding hydrogens is 360 g/mol. The van der Waals surface area contributed by atoms with Crippen LogP contribution in [0.4, 0.5) is 0 Å². The van der Waals surface area contributed by atoms with Gasteiger partial charge in [-0.05, 0) is 30.7 Å². The van der Waals surface area contributed by atoms with Gasteiger partial charge in [-0.2, -0.15) is 0 Å². The molecule has 1 aromatic rings. The van der Waals surface area contributed by atoms with Crippen LogP contribution in [0.3, 0.4) is 0 Å². The van der Waals surface area contributed by atoms with E-state index in [-0.39, 0.29) is 5.75 Å². The van der Waals surface area contributed by atoms with E-state index in [0.29, 0.717) is 0 Å². The zero-order chi connectivity index (χ0) is 16.0. The molecule has 0 fully saturated rings. The molecule has 0 aromatic heterocycles. The molecule has 2 amide bonds. The number of carboxylic acid groups (broad SMARTS) is 1. The monoisotopic (exact) mass is 374 g/mol. The number of hydrogen-bond acceptors (Lipinski definition) is 4. The van der Waals surface area contributed by atoms with Gasteiger partial charge in [0.15, 0.2) is 0 Å². The Kier molecular flexibility index (Phi) is 6.70. The Morgan fingerprint density at radius 2 is 2.10 bits per heavy atom. The van der Waals surface area contributed by atoms with Gasteiger partial charge >= 0.3 is 5.97 Å². The summed E-state index contributed by atoms with van der Waals surface area (Å²) in [5.74, 6) is -2.47. The molecule has 0 bridgehead atoms. The van der Waals surface area contributed by atoms with Crippen molar-refractivity contribution in [3.63, 3.8) is 0 Å². The summed E-state index contributed by atoms with van der Waals surface area (Å²) in [5, 5.41) is 11.2. The fourth-order valence-electron chi connectivity index (χ4n) is 1.56. The van der Waals surface area contributed by atoms with Gasteiger partial charge in [0.1, 0.15) is 6.04 Å². The largest absolute Gasteiger partial charge is 0.480 e. The number of aryl methyl sites for hydroxylation is 1. The smallest absolute Gasteiger partial charge is 0.326 e. The van der Waals surface area contributed by atoms with E-state index < -0.39 is 30.2 Å². The van der Waals surface area contributed by atoms with Crippen LogP contribution in [0, 0.1) is 6.92 Å². The third kappa shape index (κ3) is 6.17. The van der Waals surface area contributed by atoms with Crippen LogP contribution >= 0.6 is 27.7 Å². The van der Waals surface area contributed by atoms with Crippen LogP contribution in [0.25, 0.3) is 0 Å². The van der Waals surface area contributed by atoms with E-state index in [0.717, 1.165) is 14.9 Å². The average molecular weight is 375 g/mol. The third-order valence-electron chi connectivity index (χ3n) is 2.53. The Labute approximate surface area is 134 Å². The summed E-state index contributed by atoms with van der Waals surface area (Å²) in [5.41, 5.74) is 5.95. The van der Waals surface area contributed by atoms with E-state index in [4.69, 9.17) is 10.8 Å². The first kappa shape index (κ1) is 17.5. The summed E-state index contributed by atoms with van der Waals surface area (Å²) < 4.78 is 0.946. The molecule has 0 aliphatic rings. The van der Waals surface area contributed by atoms with E-state index >= 15 is 0 Å². The van der Waals surface area contributed by atoms with Gasteiger partial charge in [0.2, 0.25) is 11.8 Å². The molecule has 1 aromatic carbocycles. The number of primary amides is 1. The lowest BCUT2D eigenvalue weighted by Crippen LogP contribution is -2.44. The topological polar surface area (TPSA) is 109 Å². The second-order valence-electron chi connectivity index (χ2n) is 4.33. The zero-order valence-electron chi connectivity index (χ0n) is 11.3. The number of aliphatic carboxylic acids is 1. The van der Waals surface area contributed by atoms with E-state index in [2.05, 4.69) is 21.2 Å². The maximum absolute atomic E-state index is 11.7. The average Bonchev–Trinajstić information content (AvgIpc) is 2.36. The van der Waals surface area contributed by atoms with Crippen LogP contribution in [-0.4, -0.2) is 34.7 Å². The van der Waals surface area contributed by atoms with Gasteiger partial charge in [-0.25, -0.2) is 4.79 Å². The summed E-state index contributed by atoms with van der Waals surface area (Å²) in [6.45, 7) is 1.91. The molecule has 1 atom stereocenters. The predicted octanol–water partition coefficient (Wildman–Crippen LogP) is 1.29. The highest BCUT2D eigenvalue weighted by Crippen LogP contribution is 2.25. The lowest BCUT2D eigenvalue weighted by Gasteiger charge is -2.13. The molecule has 0 unspecified atom stereocenters. The molecule has 0 radical (unpaired) electrons. The van der Waals surface area contributed by atoms with Crippen LogP contribution in [-0.2, 0) is 14.4 Å². The number of carbonyl (C=O) groups is 3. The molecule has 4 N–H and O–H groups in total. The molecule has 0 spiro atoms. The van der Waals surface area contributed by atoms with Crippen LogP contribution in [0.5, 0.6) is 0 Å². The maximum Gasteiger partial charge on any atom is 0.326 e. The van der Waals surface area contributed by atoms with Gasteiger partial charge in [0, 0.05) is 9.37 Å². The Morgan fingerprint density at radius 3 is 2.62 bits per heavy atom. The third-order valence-corrected chi connectivity index (χ3v) is 4.20. The molecule has 6 nitrogen and oxygen atoms in total. The van der Waals surface area contributed by atoms with Gasteiger partial charge in [0.05, 0.1) is 12.2 Å². The number of thioether (sulfide) groups is 1. The molecule has 0 heterocycles. The van der Waals surface area contributed by atoms with Crippen molar-refractivity contribution in [2.75, 3.05) is 5.75 Å². The number of nitrogens with two attached hydrogens (primary N) is 1. The number of amides is 2. The van der Waals surface area contributed by atoms with Crippen molar-refractivity contribution in [2.24, 2.45) is 5.73 Å². The minimum absolute atomic E-state index is 0.0605. The first-order chi connectivity index (χ1) is 9.79. The molecule has 8 heteroatoms. The maximum atomic E-state index is 11.7. The highest BCUT2D eigenvalue weighted by molar-refractivity contribution is 9.10. The quantitative estimate of drug-likeness (QED) is 0.623. The minimum atomic E-state index is -1.29. The zero-order valence-corrected chi connectivity index (χ0v) is 13.7. The number of carbonyl (C=O) groups excluding carboxylic acids is 2. The lowest BCUT2D eigenvalue weighted by atomic mass is 10.2. The SMILES string of the molecule is Cc1cc(Br)ccc1SCC(=O)N[C@@H](CC(N)=O)C(=O)O. The molecule has 0 aliphatic heterocycles. The van der Waals surface area contributed by atoms with Crippen molar-refractivity contribution < 1.29 is 19.5 Å². The Bertz CT molecular complexity index is 565. The molecule has 0 saturated heterocycles. The first-order valence-corrected chi connectivity index (χ1v) is 7.77. The standard InChI is InChI=1S/C13H15BrN2O4S/c1-7-4-8(14)2-3-10(7)21-6-12(18)16-9(13(19)20)5-11(15)17/h2-4,9H,5-6H2,1H3,(H2,15,17)(H,16,18)(H,19,20)/t9-/m0/s1. The number of hydrogen-bond donors (Lipinski definition) is 3. The van der Waals surface area contributed by atoms with E-state index in [1.54, 1.807) is 0 Å². The number of benzene rings is 1. The van der Waals surface area contributed by atoms with Gasteiger partial charge in [-0.3, -0.25) is 9.59 Å². The molecule has 114 valence electrons. The molecule has 21 heavy (non-hydrogen) atoms. The molecular formula is C13H15BrN2O4S. The highest BCUT2D eigenvalue weighted by atomic mass is 79.9. The molecule has 1 rings (SSSR count). The molecule has 0 saturated carbocycles. The van der Waals surface area contributed by atoms with Crippen LogP contribution < -0.4 is 11.1 Å². The van der Waals surface area contributed by atoms with E-state index in [9.17, 15) is 14.4 Å². The normalized spacial score (nSPS) is 11.7. The minimum Gasteiger partial charge on any atom is -0.480 e. The Hall–Kier alpha value is -1.54. The van der Waals surface area contributed by atoms with Crippen molar-refractivity contribution in [3.8, 4) is 0 Å². The fraction of sp³-hybridized carbons (Fsp3) is 0.308. The summed E-state index contributed by atoms with van der Waals surface area (Å²) in [6.07, 6.45) is -0.428.